The standard InChI is InChI=1S/C8H15NO3/c1-3-11-8(10)7-6(2)12-5-4-9-7/h6-7,9H,3-5H2,1-2H3/t6-,7-/m1/s1. The predicted molar refractivity (Wildman–Crippen MR) is 43.8 cm³/mol. The molecule has 1 N–H and O–H groups in total. The van der Waals surface area contributed by atoms with Gasteiger partial charge in [0.25, 0.3) is 0 Å². The van der Waals surface area contributed by atoms with Crippen molar-refractivity contribution in [2.45, 2.75) is 26.0 Å². The Labute approximate surface area is 72.2 Å². The zero-order valence-electron chi connectivity index (χ0n) is 7.50. The molecule has 0 unspecified atom stereocenters. The number of hydrogen-bond donors (Lipinski definition) is 1. The van der Waals surface area contributed by atoms with Gasteiger partial charge in [-0.15, -0.1) is 0 Å². The first-order chi connectivity index (χ1) is 5.75. The van der Waals surface area contributed by atoms with Gasteiger partial charge in [0.2, 0.25) is 0 Å². The van der Waals surface area contributed by atoms with E-state index in [0.29, 0.717) is 19.8 Å². The molecule has 0 saturated carbocycles. The summed E-state index contributed by atoms with van der Waals surface area (Å²) >= 11 is 0. The topological polar surface area (TPSA) is 47.6 Å². The van der Waals surface area contributed by atoms with Gasteiger partial charge in [0, 0.05) is 6.54 Å². The molecule has 0 aromatic carbocycles. The molecule has 0 bridgehead atoms. The van der Waals surface area contributed by atoms with Crippen molar-refractivity contribution >= 4 is 5.97 Å². The largest absolute Gasteiger partial charge is 0.465 e. The van der Waals surface area contributed by atoms with Crippen LogP contribution in [0.4, 0.5) is 0 Å². The monoisotopic (exact) mass is 173 g/mol. The molecule has 2 atom stereocenters. The van der Waals surface area contributed by atoms with E-state index in [4.69, 9.17) is 9.47 Å². The van der Waals surface area contributed by atoms with Gasteiger partial charge in [-0.05, 0) is 13.8 Å². The molecular weight excluding hydrogens is 158 g/mol. The van der Waals surface area contributed by atoms with Crippen molar-refractivity contribution in [3.8, 4) is 0 Å². The van der Waals surface area contributed by atoms with Gasteiger partial charge in [-0.1, -0.05) is 0 Å². The Morgan fingerprint density at radius 3 is 3.08 bits per heavy atom. The highest BCUT2D eigenvalue weighted by Crippen LogP contribution is 2.05. The van der Waals surface area contributed by atoms with Crippen LogP contribution in [0.2, 0.25) is 0 Å². The van der Waals surface area contributed by atoms with E-state index < -0.39 is 0 Å². The minimum absolute atomic E-state index is 0.0854. The molecule has 0 amide bonds. The third-order valence-corrected chi connectivity index (χ3v) is 1.86. The average molecular weight is 173 g/mol. The van der Waals surface area contributed by atoms with E-state index in [9.17, 15) is 4.79 Å². The molecule has 0 aliphatic carbocycles. The van der Waals surface area contributed by atoms with Gasteiger partial charge in [0.15, 0.2) is 0 Å². The molecule has 12 heavy (non-hydrogen) atoms. The van der Waals surface area contributed by atoms with Crippen LogP contribution in [0, 0.1) is 0 Å². The van der Waals surface area contributed by atoms with E-state index in [1.807, 2.05) is 6.92 Å². The normalized spacial score (nSPS) is 29.8. The lowest BCUT2D eigenvalue weighted by molar-refractivity contribution is -0.151. The van der Waals surface area contributed by atoms with E-state index >= 15 is 0 Å². The van der Waals surface area contributed by atoms with Crippen LogP contribution in [0.25, 0.3) is 0 Å². The van der Waals surface area contributed by atoms with Crippen LogP contribution in [0.15, 0.2) is 0 Å². The maximum absolute atomic E-state index is 11.2. The number of carbonyl (C=O) groups is 1. The molecule has 1 aliphatic rings. The van der Waals surface area contributed by atoms with Crippen LogP contribution < -0.4 is 5.32 Å². The number of ether oxygens (including phenoxy) is 2. The number of esters is 1. The van der Waals surface area contributed by atoms with E-state index in [2.05, 4.69) is 5.32 Å². The summed E-state index contributed by atoms with van der Waals surface area (Å²) in [6.45, 7) is 5.47. The van der Waals surface area contributed by atoms with Crippen LogP contribution in [-0.2, 0) is 14.3 Å². The highest BCUT2D eigenvalue weighted by atomic mass is 16.5. The first-order valence-corrected chi connectivity index (χ1v) is 4.27. The molecule has 4 nitrogen and oxygen atoms in total. The highest BCUT2D eigenvalue weighted by Gasteiger charge is 2.29. The Hall–Kier alpha value is -0.610. The maximum Gasteiger partial charge on any atom is 0.325 e. The van der Waals surface area contributed by atoms with Gasteiger partial charge < -0.3 is 9.47 Å². The summed E-state index contributed by atoms with van der Waals surface area (Å²) in [6, 6.07) is -0.293. The third kappa shape index (κ3) is 2.19. The SMILES string of the molecule is CCOC(=O)[C@@H]1NCCO[C@@H]1C. The second-order valence-electron chi connectivity index (χ2n) is 2.76. The van der Waals surface area contributed by atoms with Crippen molar-refractivity contribution in [1.29, 1.82) is 0 Å². The van der Waals surface area contributed by atoms with E-state index in [1.54, 1.807) is 6.92 Å². The molecule has 0 radical (unpaired) electrons. The molecule has 4 heteroatoms. The maximum atomic E-state index is 11.2. The average Bonchev–Trinajstić information content (AvgIpc) is 2.05. The third-order valence-electron chi connectivity index (χ3n) is 1.86. The van der Waals surface area contributed by atoms with Gasteiger partial charge in [-0.25, -0.2) is 0 Å². The first kappa shape index (κ1) is 9.48. The van der Waals surface area contributed by atoms with Gasteiger partial charge in [0.05, 0.1) is 19.3 Å². The number of rotatable bonds is 2. The first-order valence-electron chi connectivity index (χ1n) is 4.27. The van der Waals surface area contributed by atoms with Gasteiger partial charge in [-0.3, -0.25) is 10.1 Å². The summed E-state index contributed by atoms with van der Waals surface area (Å²) in [5.74, 6) is -0.218. The summed E-state index contributed by atoms with van der Waals surface area (Å²) in [7, 11) is 0. The highest BCUT2D eigenvalue weighted by molar-refractivity contribution is 5.76. The second-order valence-corrected chi connectivity index (χ2v) is 2.76. The summed E-state index contributed by atoms with van der Waals surface area (Å²) in [6.07, 6.45) is -0.0854. The summed E-state index contributed by atoms with van der Waals surface area (Å²) in [5, 5.41) is 3.05. The smallest absolute Gasteiger partial charge is 0.325 e. The Morgan fingerprint density at radius 1 is 1.75 bits per heavy atom. The van der Waals surface area contributed by atoms with Crippen molar-refractivity contribution in [1.82, 2.24) is 5.32 Å². The zero-order valence-corrected chi connectivity index (χ0v) is 7.50. The molecule has 1 rings (SSSR count). The molecule has 0 spiro atoms. The molecular formula is C8H15NO3. The fraction of sp³-hybridized carbons (Fsp3) is 0.875. The summed E-state index contributed by atoms with van der Waals surface area (Å²) in [4.78, 5) is 11.2. The van der Waals surface area contributed by atoms with Crippen molar-refractivity contribution < 1.29 is 14.3 Å². The molecule has 1 aliphatic heterocycles. The summed E-state index contributed by atoms with van der Waals surface area (Å²) in [5.41, 5.74) is 0. The molecule has 1 heterocycles. The van der Waals surface area contributed by atoms with E-state index in [1.165, 1.54) is 0 Å². The van der Waals surface area contributed by atoms with E-state index in [0.717, 1.165) is 0 Å². The zero-order chi connectivity index (χ0) is 8.97. The number of morpholine rings is 1. The van der Waals surface area contributed by atoms with Crippen molar-refractivity contribution in [2.24, 2.45) is 0 Å². The molecule has 1 fully saturated rings. The van der Waals surface area contributed by atoms with Crippen LogP contribution in [0.5, 0.6) is 0 Å². The Kier molecular flexibility index (Phi) is 3.49. The van der Waals surface area contributed by atoms with Crippen molar-refractivity contribution in [3.05, 3.63) is 0 Å². The molecule has 0 aromatic heterocycles. The van der Waals surface area contributed by atoms with Crippen LogP contribution in [-0.4, -0.2) is 37.9 Å². The Bertz CT molecular complexity index is 160. The van der Waals surface area contributed by atoms with Gasteiger partial charge in [-0.2, -0.15) is 0 Å². The van der Waals surface area contributed by atoms with Gasteiger partial charge >= 0.3 is 5.97 Å². The lowest BCUT2D eigenvalue weighted by atomic mass is 10.1. The van der Waals surface area contributed by atoms with Crippen molar-refractivity contribution in [2.75, 3.05) is 19.8 Å². The van der Waals surface area contributed by atoms with E-state index in [-0.39, 0.29) is 18.1 Å². The lowest BCUT2D eigenvalue weighted by Crippen LogP contribution is -2.52. The van der Waals surface area contributed by atoms with Crippen LogP contribution in [0.1, 0.15) is 13.8 Å². The number of nitrogens with one attached hydrogen (secondary N) is 1. The Morgan fingerprint density at radius 2 is 2.50 bits per heavy atom. The molecule has 1 saturated heterocycles. The van der Waals surface area contributed by atoms with Crippen molar-refractivity contribution in [3.63, 3.8) is 0 Å². The molecule has 70 valence electrons. The predicted octanol–water partition coefficient (Wildman–Crippen LogP) is -0.0736. The number of carbonyl (C=O) groups excluding carboxylic acids is 1. The summed E-state index contributed by atoms with van der Waals surface area (Å²) < 4.78 is 10.2. The fourth-order valence-electron chi connectivity index (χ4n) is 1.23. The number of hydrogen-bond acceptors (Lipinski definition) is 4. The molecule has 0 aromatic rings. The second kappa shape index (κ2) is 4.42. The minimum atomic E-state index is -0.293. The lowest BCUT2D eigenvalue weighted by Gasteiger charge is -2.28. The van der Waals surface area contributed by atoms with Gasteiger partial charge in [0.1, 0.15) is 6.04 Å². The quantitative estimate of drug-likeness (QED) is 0.594. The minimum Gasteiger partial charge on any atom is -0.465 e. The Balaban J connectivity index is 2.42. The van der Waals surface area contributed by atoms with Crippen LogP contribution in [0.3, 0.4) is 0 Å². The fourth-order valence-corrected chi connectivity index (χ4v) is 1.23. The van der Waals surface area contributed by atoms with Crippen LogP contribution >= 0.6 is 0 Å².